The van der Waals surface area contributed by atoms with Crippen molar-refractivity contribution in [3.8, 4) is 11.5 Å². The Kier molecular flexibility index (Phi) is 6.26. The van der Waals surface area contributed by atoms with E-state index in [1.807, 2.05) is 4.90 Å². The lowest BCUT2D eigenvalue weighted by atomic mass is 9.78. The first-order chi connectivity index (χ1) is 15.2. The summed E-state index contributed by atoms with van der Waals surface area (Å²) >= 11 is 0. The summed E-state index contributed by atoms with van der Waals surface area (Å²) in [6.07, 6.45) is -2.96. The summed E-state index contributed by atoms with van der Waals surface area (Å²) < 4.78 is 13.7. The van der Waals surface area contributed by atoms with Crippen molar-refractivity contribution in [3.63, 3.8) is 0 Å². The third kappa shape index (κ3) is 4.25. The molecule has 2 saturated heterocycles. The van der Waals surface area contributed by atoms with Gasteiger partial charge in [0.15, 0.2) is 11.6 Å². The number of rotatable bonds is 5. The van der Waals surface area contributed by atoms with Crippen molar-refractivity contribution < 1.29 is 39.5 Å². The zero-order valence-electron chi connectivity index (χ0n) is 17.5. The minimum absolute atomic E-state index is 0.0374. The monoisotopic (exact) mass is 453 g/mol. The number of carbonyl (C=O) groups excluding carboxylic acids is 2. The van der Waals surface area contributed by atoms with E-state index in [2.05, 4.69) is 0 Å². The zero-order valence-corrected chi connectivity index (χ0v) is 17.5. The number of fused-ring (bicyclic) bond motifs is 1. The molecular formula is C21H28FN3O7. The third-order valence-corrected chi connectivity index (χ3v) is 6.71. The van der Waals surface area contributed by atoms with Crippen molar-refractivity contribution in [2.75, 3.05) is 44.2 Å². The van der Waals surface area contributed by atoms with Crippen molar-refractivity contribution in [1.29, 1.82) is 0 Å². The van der Waals surface area contributed by atoms with Crippen molar-refractivity contribution in [1.82, 2.24) is 9.80 Å². The number of halogens is 1. The van der Waals surface area contributed by atoms with Crippen LogP contribution in [0.3, 0.4) is 0 Å². The number of aliphatic hydroxyl groups excluding tert-OH is 3. The van der Waals surface area contributed by atoms with Crippen LogP contribution in [-0.4, -0.2) is 105 Å². The van der Waals surface area contributed by atoms with E-state index in [1.165, 1.54) is 0 Å². The number of phenols is 2. The molecule has 0 spiro atoms. The van der Waals surface area contributed by atoms with Gasteiger partial charge >= 0.3 is 0 Å². The molecule has 5 atom stereocenters. The number of anilines is 1. The average molecular weight is 453 g/mol. The summed E-state index contributed by atoms with van der Waals surface area (Å²) in [4.78, 5) is 30.0. The Labute approximate surface area is 184 Å². The number of benzene rings is 1. The van der Waals surface area contributed by atoms with Gasteiger partial charge in [0.2, 0.25) is 11.8 Å². The first-order valence-corrected chi connectivity index (χ1v) is 10.7. The lowest BCUT2D eigenvalue weighted by Crippen LogP contribution is -2.50. The van der Waals surface area contributed by atoms with Crippen LogP contribution < -0.4 is 4.90 Å². The second kappa shape index (κ2) is 8.81. The third-order valence-electron chi connectivity index (χ3n) is 6.71. The van der Waals surface area contributed by atoms with E-state index in [0.717, 1.165) is 17.0 Å². The minimum Gasteiger partial charge on any atom is -0.506 e. The molecule has 1 aliphatic carbocycles. The maximum Gasteiger partial charge on any atom is 0.233 e. The molecule has 5 unspecified atom stereocenters. The van der Waals surface area contributed by atoms with Gasteiger partial charge in [-0.1, -0.05) is 0 Å². The van der Waals surface area contributed by atoms with Gasteiger partial charge in [-0.3, -0.25) is 19.4 Å². The minimum atomic E-state index is -1.03. The first-order valence-electron chi connectivity index (χ1n) is 10.7. The standard InChI is InChI=1S/C21H28FN3O7/c22-14-7-15(17(28)8-16(14)27)24-3-1-23(2-4-24)9-11(26)10-25-20(31)12-5-18(29)19(30)6-13(12)21(25)32/h7-8,11-13,18-19,26-30H,1-6,9-10H2. The predicted molar refractivity (Wildman–Crippen MR) is 109 cm³/mol. The van der Waals surface area contributed by atoms with E-state index < -0.39 is 53.5 Å². The summed E-state index contributed by atoms with van der Waals surface area (Å²) in [7, 11) is 0. The second-order valence-corrected chi connectivity index (χ2v) is 8.84. The van der Waals surface area contributed by atoms with Gasteiger partial charge in [-0.05, 0) is 12.8 Å². The highest BCUT2D eigenvalue weighted by atomic mass is 19.1. The first kappa shape index (κ1) is 22.7. The molecule has 1 saturated carbocycles. The Balaban J connectivity index is 1.30. The number of carbonyl (C=O) groups is 2. The van der Waals surface area contributed by atoms with Gasteiger partial charge < -0.3 is 30.4 Å². The number of piperazine rings is 1. The molecule has 10 nitrogen and oxygen atoms in total. The molecule has 4 rings (SSSR count). The van der Waals surface area contributed by atoms with E-state index in [4.69, 9.17) is 0 Å². The smallest absolute Gasteiger partial charge is 0.233 e. The lowest BCUT2D eigenvalue weighted by molar-refractivity contribution is -0.141. The molecular weight excluding hydrogens is 425 g/mol. The Morgan fingerprint density at radius 2 is 1.47 bits per heavy atom. The number of amides is 2. The molecule has 1 aromatic carbocycles. The van der Waals surface area contributed by atoms with Crippen LogP contribution in [0.5, 0.6) is 11.5 Å². The van der Waals surface area contributed by atoms with E-state index in [0.29, 0.717) is 26.2 Å². The number of hydrogen-bond acceptors (Lipinski definition) is 9. The van der Waals surface area contributed by atoms with Gasteiger partial charge in [0, 0.05) is 44.9 Å². The number of β-amino-alcohol motifs (C(OH)–C–C–N with tert-alkyl or cyclic N) is 1. The molecule has 3 aliphatic rings. The van der Waals surface area contributed by atoms with E-state index in [1.54, 1.807) is 4.90 Å². The maximum atomic E-state index is 13.7. The molecule has 5 N–H and O–H groups in total. The zero-order chi connectivity index (χ0) is 23.2. The van der Waals surface area contributed by atoms with Crippen LogP contribution in [0.2, 0.25) is 0 Å². The quantitative estimate of drug-likeness (QED) is 0.349. The molecule has 2 heterocycles. The number of aliphatic hydroxyl groups is 3. The van der Waals surface area contributed by atoms with Gasteiger partial charge in [-0.25, -0.2) is 4.39 Å². The summed E-state index contributed by atoms with van der Waals surface area (Å²) in [5.74, 6) is -3.82. The van der Waals surface area contributed by atoms with Crippen molar-refractivity contribution >= 4 is 17.5 Å². The molecule has 32 heavy (non-hydrogen) atoms. The van der Waals surface area contributed by atoms with Gasteiger partial charge in [-0.15, -0.1) is 0 Å². The molecule has 11 heteroatoms. The van der Waals surface area contributed by atoms with Gasteiger partial charge in [-0.2, -0.15) is 0 Å². The van der Waals surface area contributed by atoms with Crippen LogP contribution in [0.25, 0.3) is 0 Å². The predicted octanol–water partition coefficient (Wildman–Crippen LogP) is -1.16. The number of imide groups is 1. The highest BCUT2D eigenvalue weighted by Gasteiger charge is 2.52. The van der Waals surface area contributed by atoms with Crippen molar-refractivity contribution in [2.24, 2.45) is 11.8 Å². The van der Waals surface area contributed by atoms with Crippen LogP contribution in [0, 0.1) is 17.7 Å². The van der Waals surface area contributed by atoms with Gasteiger partial charge in [0.25, 0.3) is 0 Å². The van der Waals surface area contributed by atoms with Crippen LogP contribution >= 0.6 is 0 Å². The number of likely N-dealkylation sites (tertiary alicyclic amines) is 1. The van der Waals surface area contributed by atoms with E-state index in [9.17, 15) is 39.5 Å². The average Bonchev–Trinajstić information content (AvgIpc) is 2.96. The van der Waals surface area contributed by atoms with E-state index >= 15 is 0 Å². The van der Waals surface area contributed by atoms with Crippen LogP contribution in [0.4, 0.5) is 10.1 Å². The lowest BCUT2D eigenvalue weighted by Gasteiger charge is -2.37. The van der Waals surface area contributed by atoms with Crippen molar-refractivity contribution in [3.05, 3.63) is 17.9 Å². The summed E-state index contributed by atoms with van der Waals surface area (Å²) in [6, 6.07) is 2.04. The molecule has 2 aliphatic heterocycles. The number of phenolic OH excluding ortho intramolecular Hbond substituents is 2. The Bertz CT molecular complexity index is 864. The summed E-state index contributed by atoms with van der Waals surface area (Å²) in [5, 5.41) is 49.5. The molecule has 176 valence electrons. The number of aromatic hydroxyl groups is 2. The SMILES string of the molecule is O=C1C2CC(O)C(O)CC2C(=O)N1CC(O)CN1CCN(c2cc(F)c(O)cc2O)CC1. The molecule has 0 bridgehead atoms. The van der Waals surface area contributed by atoms with Crippen LogP contribution in [-0.2, 0) is 9.59 Å². The van der Waals surface area contributed by atoms with E-state index in [-0.39, 0.29) is 37.4 Å². The maximum absolute atomic E-state index is 13.7. The van der Waals surface area contributed by atoms with Crippen LogP contribution in [0.1, 0.15) is 12.8 Å². The Morgan fingerprint density at radius 3 is 2.03 bits per heavy atom. The normalized spacial score (nSPS) is 30.0. The Morgan fingerprint density at radius 1 is 0.906 bits per heavy atom. The molecule has 1 aromatic rings. The van der Waals surface area contributed by atoms with Gasteiger partial charge in [0.1, 0.15) is 5.75 Å². The fourth-order valence-electron chi connectivity index (χ4n) is 4.93. The Hall–Kier alpha value is -2.47. The topological polar surface area (TPSA) is 145 Å². The highest BCUT2D eigenvalue weighted by molar-refractivity contribution is 6.05. The molecule has 3 fully saturated rings. The fraction of sp³-hybridized carbons (Fsp3) is 0.619. The summed E-state index contributed by atoms with van der Waals surface area (Å²) in [5.41, 5.74) is 0.278. The van der Waals surface area contributed by atoms with Crippen molar-refractivity contribution in [2.45, 2.75) is 31.2 Å². The molecule has 2 amide bonds. The van der Waals surface area contributed by atoms with Gasteiger partial charge in [0.05, 0.1) is 42.4 Å². The highest BCUT2D eigenvalue weighted by Crippen LogP contribution is 2.38. The number of hydrogen-bond donors (Lipinski definition) is 5. The van der Waals surface area contributed by atoms with Crippen LogP contribution in [0.15, 0.2) is 12.1 Å². The fourth-order valence-corrected chi connectivity index (χ4v) is 4.93. The summed E-state index contributed by atoms with van der Waals surface area (Å²) in [6.45, 7) is 1.98. The molecule has 0 aromatic heterocycles. The largest absolute Gasteiger partial charge is 0.506 e. The second-order valence-electron chi connectivity index (χ2n) is 8.84. The number of nitrogens with zero attached hydrogens (tertiary/aromatic N) is 3. The molecule has 0 radical (unpaired) electrons.